The first-order chi connectivity index (χ1) is 17.2. The smallest absolute Gasteiger partial charge is 0.270 e. The van der Waals surface area contributed by atoms with Crippen molar-refractivity contribution in [2.24, 2.45) is 11.0 Å². The third-order valence-corrected chi connectivity index (χ3v) is 5.56. The molecule has 2 heterocycles. The number of hydrogen-bond acceptors (Lipinski definition) is 8. The molecular weight excluding hydrogens is 468 g/mol. The van der Waals surface area contributed by atoms with Crippen molar-refractivity contribution in [1.82, 2.24) is 10.7 Å². The molecule has 1 atom stereocenters. The molecule has 1 aliphatic rings. The number of hydrogen-bond donors (Lipinski definition) is 2. The summed E-state index contributed by atoms with van der Waals surface area (Å²) in [5.41, 5.74) is 4.10. The Balaban J connectivity index is 1.40. The fraction of sp³-hybridized carbons (Fsp3) is 0.240. The van der Waals surface area contributed by atoms with Gasteiger partial charge in [-0.05, 0) is 48.7 Å². The number of ether oxygens (including phenoxy) is 2. The molecule has 4 rings (SSSR count). The van der Waals surface area contributed by atoms with E-state index in [4.69, 9.17) is 13.9 Å². The van der Waals surface area contributed by atoms with Crippen LogP contribution in [0.5, 0.6) is 11.5 Å². The maximum Gasteiger partial charge on any atom is 0.270 e. The minimum absolute atomic E-state index is 0.0444. The molecule has 1 aliphatic heterocycles. The van der Waals surface area contributed by atoms with Crippen molar-refractivity contribution in [3.05, 3.63) is 75.5 Å². The summed E-state index contributed by atoms with van der Waals surface area (Å²) >= 11 is 0. The van der Waals surface area contributed by atoms with E-state index in [0.29, 0.717) is 34.1 Å². The number of furan rings is 1. The molecule has 0 fully saturated rings. The lowest BCUT2D eigenvalue weighted by molar-refractivity contribution is -0.384. The van der Waals surface area contributed by atoms with Crippen molar-refractivity contribution in [3.63, 3.8) is 0 Å². The molecule has 36 heavy (non-hydrogen) atoms. The van der Waals surface area contributed by atoms with Gasteiger partial charge in [0.05, 0.1) is 11.1 Å². The Hall–Kier alpha value is -4.67. The molecule has 11 heteroatoms. The number of carbonyl (C=O) groups is 2. The van der Waals surface area contributed by atoms with Crippen LogP contribution in [0.15, 0.2) is 58.0 Å². The van der Waals surface area contributed by atoms with Crippen LogP contribution in [0.25, 0.3) is 11.3 Å². The molecule has 2 aromatic carbocycles. The highest BCUT2D eigenvalue weighted by Crippen LogP contribution is 2.32. The Kier molecular flexibility index (Phi) is 7.00. The Morgan fingerprint density at radius 3 is 2.61 bits per heavy atom. The van der Waals surface area contributed by atoms with Crippen molar-refractivity contribution >= 4 is 23.7 Å². The van der Waals surface area contributed by atoms with Gasteiger partial charge in [-0.2, -0.15) is 5.10 Å². The molecule has 2 N–H and O–H groups in total. The number of nitrogens with one attached hydrogen (secondary N) is 2. The first kappa shape index (κ1) is 24.5. The molecule has 3 aromatic rings. The predicted octanol–water partition coefficient (Wildman–Crippen LogP) is 3.80. The van der Waals surface area contributed by atoms with E-state index in [9.17, 15) is 19.7 Å². The van der Waals surface area contributed by atoms with Gasteiger partial charge in [0.15, 0.2) is 11.5 Å². The number of nitro benzene ring substituents is 1. The van der Waals surface area contributed by atoms with Gasteiger partial charge < -0.3 is 19.2 Å². The number of amides is 2. The Bertz CT molecular complexity index is 1350. The second-order valence-electron chi connectivity index (χ2n) is 8.46. The zero-order valence-corrected chi connectivity index (χ0v) is 19.8. The third-order valence-electron chi connectivity index (χ3n) is 5.56. The monoisotopic (exact) mass is 492 g/mol. The molecule has 11 nitrogen and oxygen atoms in total. The number of non-ortho nitro benzene ring substituents is 1. The molecule has 1 aromatic heterocycles. The zero-order chi connectivity index (χ0) is 25.8. The molecule has 0 spiro atoms. The van der Waals surface area contributed by atoms with Crippen molar-refractivity contribution in [1.29, 1.82) is 0 Å². The minimum Gasteiger partial charge on any atom is -0.455 e. The topological polar surface area (TPSA) is 145 Å². The minimum atomic E-state index is -0.847. The number of fused-ring (bicyclic) bond motifs is 1. The van der Waals surface area contributed by atoms with Crippen molar-refractivity contribution in [2.45, 2.75) is 26.8 Å². The molecule has 2 amide bonds. The average molecular weight is 492 g/mol. The van der Waals surface area contributed by atoms with E-state index in [-0.39, 0.29) is 18.4 Å². The van der Waals surface area contributed by atoms with E-state index >= 15 is 0 Å². The molecular formula is C25H24N4O7. The number of rotatable bonds is 8. The van der Waals surface area contributed by atoms with Crippen LogP contribution in [-0.4, -0.2) is 35.8 Å². The van der Waals surface area contributed by atoms with Gasteiger partial charge in [0, 0.05) is 23.3 Å². The van der Waals surface area contributed by atoms with E-state index in [0.717, 1.165) is 5.56 Å². The zero-order valence-electron chi connectivity index (χ0n) is 19.8. The summed E-state index contributed by atoms with van der Waals surface area (Å²) in [6.45, 7) is 5.51. The van der Waals surface area contributed by atoms with Crippen LogP contribution in [-0.2, 0) is 4.79 Å². The lowest BCUT2D eigenvalue weighted by Gasteiger charge is -2.20. The second-order valence-corrected chi connectivity index (χ2v) is 8.46. The van der Waals surface area contributed by atoms with E-state index in [1.807, 2.05) is 6.92 Å². The van der Waals surface area contributed by atoms with Crippen LogP contribution >= 0.6 is 0 Å². The first-order valence-electron chi connectivity index (χ1n) is 11.1. The van der Waals surface area contributed by atoms with E-state index in [2.05, 4.69) is 15.8 Å². The SMILES string of the molecule is Cc1ccc([N+](=O)[O-])cc1-c1ccc(/C=N\NC(=O)C(NC(=O)c2ccc3c(c2)OCO3)C(C)C)o1. The van der Waals surface area contributed by atoms with Crippen LogP contribution < -0.4 is 20.2 Å². The second kappa shape index (κ2) is 10.3. The fourth-order valence-corrected chi connectivity index (χ4v) is 3.58. The lowest BCUT2D eigenvalue weighted by atomic mass is 10.0. The van der Waals surface area contributed by atoms with Crippen LogP contribution in [0.3, 0.4) is 0 Å². The Labute approximate surface area is 206 Å². The summed E-state index contributed by atoms with van der Waals surface area (Å²) in [7, 11) is 0. The van der Waals surface area contributed by atoms with Crippen molar-refractivity contribution in [3.8, 4) is 22.8 Å². The van der Waals surface area contributed by atoms with Gasteiger partial charge in [-0.3, -0.25) is 19.7 Å². The van der Waals surface area contributed by atoms with Crippen LogP contribution in [0, 0.1) is 23.0 Å². The van der Waals surface area contributed by atoms with Crippen molar-refractivity contribution in [2.75, 3.05) is 6.79 Å². The van der Waals surface area contributed by atoms with Gasteiger partial charge in [-0.25, -0.2) is 5.43 Å². The molecule has 1 unspecified atom stereocenters. The first-order valence-corrected chi connectivity index (χ1v) is 11.1. The molecule has 186 valence electrons. The normalized spacial score (nSPS) is 13.1. The third kappa shape index (κ3) is 5.35. The van der Waals surface area contributed by atoms with Gasteiger partial charge >= 0.3 is 0 Å². The molecule has 0 radical (unpaired) electrons. The highest BCUT2D eigenvalue weighted by molar-refractivity contribution is 5.98. The van der Waals surface area contributed by atoms with E-state index < -0.39 is 22.8 Å². The van der Waals surface area contributed by atoms with Gasteiger partial charge in [0.2, 0.25) is 6.79 Å². The predicted molar refractivity (Wildman–Crippen MR) is 130 cm³/mol. The average Bonchev–Trinajstić information content (AvgIpc) is 3.51. The van der Waals surface area contributed by atoms with Gasteiger partial charge in [0.25, 0.3) is 17.5 Å². The molecule has 0 bridgehead atoms. The number of nitro groups is 1. The van der Waals surface area contributed by atoms with Crippen molar-refractivity contribution < 1.29 is 28.4 Å². The van der Waals surface area contributed by atoms with E-state index in [1.54, 1.807) is 50.2 Å². The highest BCUT2D eigenvalue weighted by Gasteiger charge is 2.25. The number of carbonyl (C=O) groups excluding carboxylic acids is 2. The van der Waals surface area contributed by atoms with Crippen LogP contribution in [0.2, 0.25) is 0 Å². The summed E-state index contributed by atoms with van der Waals surface area (Å²) in [6, 6.07) is 11.7. The standard InChI is InChI=1S/C25H24N4O7/c1-14(2)23(27-24(30)16-5-8-21-22(10-16)35-13-34-21)25(31)28-26-12-18-7-9-20(36-18)19-11-17(29(32)33)6-4-15(19)3/h4-12,14,23H,13H2,1-3H3,(H,27,30)(H,28,31)/b26-12-. The molecule has 0 aliphatic carbocycles. The van der Waals surface area contributed by atoms with Crippen LogP contribution in [0.1, 0.15) is 35.5 Å². The van der Waals surface area contributed by atoms with Gasteiger partial charge in [-0.15, -0.1) is 0 Å². The quantitative estimate of drug-likeness (QED) is 0.276. The molecule has 0 saturated heterocycles. The van der Waals surface area contributed by atoms with Crippen LogP contribution in [0.4, 0.5) is 5.69 Å². The summed E-state index contributed by atoms with van der Waals surface area (Å²) in [5, 5.41) is 17.7. The number of nitrogens with zero attached hydrogens (tertiary/aromatic N) is 2. The summed E-state index contributed by atoms with van der Waals surface area (Å²) in [6.07, 6.45) is 1.31. The van der Waals surface area contributed by atoms with E-state index in [1.165, 1.54) is 18.3 Å². The fourth-order valence-electron chi connectivity index (χ4n) is 3.58. The number of hydrazone groups is 1. The summed E-state index contributed by atoms with van der Waals surface area (Å²) < 4.78 is 16.3. The largest absolute Gasteiger partial charge is 0.455 e. The number of aryl methyl sites for hydroxylation is 1. The van der Waals surface area contributed by atoms with Gasteiger partial charge in [-0.1, -0.05) is 19.9 Å². The molecule has 0 saturated carbocycles. The maximum atomic E-state index is 12.7. The Morgan fingerprint density at radius 1 is 1.08 bits per heavy atom. The Morgan fingerprint density at radius 2 is 1.86 bits per heavy atom. The maximum absolute atomic E-state index is 12.7. The number of benzene rings is 2. The van der Waals surface area contributed by atoms with Gasteiger partial charge in [0.1, 0.15) is 17.6 Å². The summed E-state index contributed by atoms with van der Waals surface area (Å²) in [4.78, 5) is 36.0. The summed E-state index contributed by atoms with van der Waals surface area (Å²) in [5.74, 6) is 0.634. The lowest BCUT2D eigenvalue weighted by Crippen LogP contribution is -2.48. The highest BCUT2D eigenvalue weighted by atomic mass is 16.7.